The number of halogens is 1. The average molecular weight is 551 g/mol. The summed E-state index contributed by atoms with van der Waals surface area (Å²) in [5.74, 6) is 0.268. The summed E-state index contributed by atoms with van der Waals surface area (Å²) in [6.07, 6.45) is 9.84. The maximum Gasteiger partial charge on any atom is 0.262 e. The van der Waals surface area contributed by atoms with Gasteiger partial charge in [0.2, 0.25) is 5.91 Å². The Morgan fingerprint density at radius 1 is 1.08 bits per heavy atom. The molecule has 8 heteroatoms. The maximum absolute atomic E-state index is 13.4. The van der Waals surface area contributed by atoms with Gasteiger partial charge in [0.1, 0.15) is 6.04 Å². The van der Waals surface area contributed by atoms with E-state index in [-0.39, 0.29) is 23.9 Å². The third-order valence-electron chi connectivity index (χ3n) is 7.45. The topological polar surface area (TPSA) is 83.1 Å². The van der Waals surface area contributed by atoms with Crippen LogP contribution in [0.3, 0.4) is 0 Å². The summed E-state index contributed by atoms with van der Waals surface area (Å²) in [4.78, 5) is 32.4. The van der Waals surface area contributed by atoms with Crippen LogP contribution in [0.4, 0.5) is 5.69 Å². The molecule has 5 rings (SSSR count). The lowest BCUT2D eigenvalue weighted by atomic mass is 9.97. The van der Waals surface area contributed by atoms with E-state index in [9.17, 15) is 9.59 Å². The molecule has 2 heterocycles. The summed E-state index contributed by atoms with van der Waals surface area (Å²) in [6, 6.07) is 15.7. The normalized spacial score (nSPS) is 17.1. The van der Waals surface area contributed by atoms with Crippen LogP contribution in [0.1, 0.15) is 76.8 Å². The second-order valence-corrected chi connectivity index (χ2v) is 12.1. The van der Waals surface area contributed by atoms with Gasteiger partial charge in [0.05, 0.1) is 27.3 Å². The lowest BCUT2D eigenvalue weighted by Crippen LogP contribution is -2.48. The Labute approximate surface area is 233 Å². The number of nitrogens with one attached hydrogen (secondary N) is 3. The number of nitrogens with zero attached hydrogens (tertiary/aromatic N) is 1. The summed E-state index contributed by atoms with van der Waals surface area (Å²) in [6.45, 7) is 1.95. The van der Waals surface area contributed by atoms with Crippen LogP contribution >= 0.6 is 22.9 Å². The molecule has 6 nitrogen and oxygen atoms in total. The largest absolute Gasteiger partial charge is 0.376 e. The predicted molar refractivity (Wildman–Crippen MR) is 154 cm³/mol. The third kappa shape index (κ3) is 7.14. The number of pyridine rings is 1. The van der Waals surface area contributed by atoms with Crippen molar-refractivity contribution >= 4 is 40.4 Å². The molecule has 0 aliphatic heterocycles. The molecule has 0 radical (unpaired) electrons. The smallest absolute Gasteiger partial charge is 0.262 e. The molecule has 2 aliphatic carbocycles. The fourth-order valence-electron chi connectivity index (χ4n) is 5.15. The number of aromatic nitrogens is 1. The van der Waals surface area contributed by atoms with Crippen molar-refractivity contribution in [1.82, 2.24) is 15.6 Å². The van der Waals surface area contributed by atoms with Gasteiger partial charge >= 0.3 is 0 Å². The molecule has 2 atom stereocenters. The van der Waals surface area contributed by atoms with Crippen LogP contribution in [0, 0.1) is 12.8 Å². The highest BCUT2D eigenvalue weighted by Crippen LogP contribution is 2.32. The third-order valence-corrected chi connectivity index (χ3v) is 8.85. The second-order valence-electron chi connectivity index (χ2n) is 10.6. The first-order valence-corrected chi connectivity index (χ1v) is 14.8. The molecule has 3 aromatic rings. The monoisotopic (exact) mass is 550 g/mol. The van der Waals surface area contributed by atoms with Crippen LogP contribution in [0.25, 0.3) is 0 Å². The lowest BCUT2D eigenvalue weighted by molar-refractivity contribution is -0.123. The molecule has 3 N–H and O–H groups in total. The van der Waals surface area contributed by atoms with E-state index in [1.54, 1.807) is 6.20 Å². The summed E-state index contributed by atoms with van der Waals surface area (Å²) in [5, 5.41) is 10.3. The van der Waals surface area contributed by atoms with E-state index in [2.05, 4.69) is 33.1 Å². The molecule has 0 spiro atoms. The standard InChI is InChI=1S/C30H35ClN4O2S/c1-19-24(17-22(31)18-32-19)34-25(15-20-7-3-2-4-8-20)27-13-14-28(38-27)30(37)35-26(16-21-9-5-6-10-21)29(36)33-23-11-12-23/h2-4,7-8,13-14,17-18,21,23,25-26,34H,5-6,9-12,15-16H2,1H3,(H,33,36)(H,35,37). The van der Waals surface area contributed by atoms with Crippen molar-refractivity contribution in [1.29, 1.82) is 0 Å². The van der Waals surface area contributed by atoms with E-state index in [1.807, 2.05) is 43.3 Å². The number of rotatable bonds is 11. The first-order valence-electron chi connectivity index (χ1n) is 13.6. The van der Waals surface area contributed by atoms with Crippen LogP contribution in [-0.2, 0) is 11.2 Å². The van der Waals surface area contributed by atoms with Gasteiger partial charge < -0.3 is 16.0 Å². The van der Waals surface area contributed by atoms with Gasteiger partial charge in [-0.05, 0) is 62.3 Å². The minimum absolute atomic E-state index is 0.0444. The highest BCUT2D eigenvalue weighted by atomic mass is 35.5. The molecule has 2 saturated carbocycles. The molecule has 0 saturated heterocycles. The summed E-state index contributed by atoms with van der Waals surface area (Å²) in [5.41, 5.74) is 2.91. The molecular formula is C30H35ClN4O2S. The Morgan fingerprint density at radius 3 is 2.58 bits per heavy atom. The zero-order chi connectivity index (χ0) is 26.5. The molecule has 2 aliphatic rings. The minimum Gasteiger partial charge on any atom is -0.376 e. The summed E-state index contributed by atoms with van der Waals surface area (Å²) >= 11 is 7.70. The number of benzene rings is 1. The maximum atomic E-state index is 13.4. The Hall–Kier alpha value is -2.90. The van der Waals surface area contributed by atoms with E-state index >= 15 is 0 Å². The van der Waals surface area contributed by atoms with E-state index in [0.717, 1.165) is 48.4 Å². The fraction of sp³-hybridized carbons (Fsp3) is 0.433. The van der Waals surface area contributed by atoms with Gasteiger partial charge in [-0.15, -0.1) is 11.3 Å². The van der Waals surface area contributed by atoms with Crippen molar-refractivity contribution in [3.05, 3.63) is 80.8 Å². The van der Waals surface area contributed by atoms with Gasteiger partial charge in [0.15, 0.2) is 0 Å². The van der Waals surface area contributed by atoms with E-state index in [0.29, 0.717) is 22.2 Å². The average Bonchev–Trinajstić information content (AvgIpc) is 3.35. The second kappa shape index (κ2) is 12.3. The van der Waals surface area contributed by atoms with Crippen LogP contribution in [-0.4, -0.2) is 28.9 Å². The van der Waals surface area contributed by atoms with Crippen LogP contribution < -0.4 is 16.0 Å². The molecule has 0 bridgehead atoms. The number of aryl methyl sites for hydroxylation is 1. The number of carbonyl (C=O) groups excluding carboxylic acids is 2. The first kappa shape index (κ1) is 26.7. The lowest BCUT2D eigenvalue weighted by Gasteiger charge is -2.21. The fourth-order valence-corrected chi connectivity index (χ4v) is 6.27. The van der Waals surface area contributed by atoms with Crippen molar-refractivity contribution in [3.8, 4) is 0 Å². The molecule has 2 amide bonds. The Kier molecular flexibility index (Phi) is 8.65. The molecule has 200 valence electrons. The van der Waals surface area contributed by atoms with Gasteiger partial charge in [-0.1, -0.05) is 67.6 Å². The molecule has 38 heavy (non-hydrogen) atoms. The number of hydrogen-bond donors (Lipinski definition) is 3. The van der Waals surface area contributed by atoms with Crippen molar-refractivity contribution < 1.29 is 9.59 Å². The number of carbonyl (C=O) groups is 2. The van der Waals surface area contributed by atoms with Crippen molar-refractivity contribution in [3.63, 3.8) is 0 Å². The van der Waals surface area contributed by atoms with Crippen LogP contribution in [0.2, 0.25) is 5.02 Å². The van der Waals surface area contributed by atoms with Crippen LogP contribution in [0.5, 0.6) is 0 Å². The van der Waals surface area contributed by atoms with E-state index < -0.39 is 6.04 Å². The zero-order valence-corrected chi connectivity index (χ0v) is 23.3. The summed E-state index contributed by atoms with van der Waals surface area (Å²) < 4.78 is 0. The zero-order valence-electron chi connectivity index (χ0n) is 21.7. The van der Waals surface area contributed by atoms with Gasteiger partial charge in [-0.25, -0.2) is 0 Å². The number of hydrogen-bond acceptors (Lipinski definition) is 5. The van der Waals surface area contributed by atoms with E-state index in [1.165, 1.54) is 29.7 Å². The van der Waals surface area contributed by atoms with Crippen molar-refractivity contribution in [2.45, 2.75) is 76.4 Å². The Bertz CT molecular complexity index is 1250. The molecular weight excluding hydrogens is 516 g/mol. The van der Waals surface area contributed by atoms with Gasteiger partial charge in [-0.2, -0.15) is 0 Å². The molecule has 1 aromatic carbocycles. The van der Waals surface area contributed by atoms with Gasteiger partial charge in [-0.3, -0.25) is 14.6 Å². The molecule has 2 unspecified atom stereocenters. The van der Waals surface area contributed by atoms with Crippen LogP contribution in [0.15, 0.2) is 54.7 Å². The number of anilines is 1. The first-order chi connectivity index (χ1) is 18.4. The van der Waals surface area contributed by atoms with Crippen molar-refractivity contribution in [2.75, 3.05) is 5.32 Å². The Morgan fingerprint density at radius 2 is 1.84 bits per heavy atom. The quantitative estimate of drug-likeness (QED) is 0.256. The van der Waals surface area contributed by atoms with Gasteiger partial charge in [0, 0.05) is 17.1 Å². The molecule has 2 aromatic heterocycles. The SMILES string of the molecule is Cc1ncc(Cl)cc1NC(Cc1ccccc1)c1ccc(C(=O)NC(CC2CCCC2)C(=O)NC2CC2)s1. The number of thiophene rings is 1. The minimum atomic E-state index is -0.491. The highest BCUT2D eigenvalue weighted by molar-refractivity contribution is 7.14. The summed E-state index contributed by atoms with van der Waals surface area (Å²) in [7, 11) is 0. The van der Waals surface area contributed by atoms with E-state index in [4.69, 9.17) is 11.6 Å². The van der Waals surface area contributed by atoms with Gasteiger partial charge in [0.25, 0.3) is 5.91 Å². The predicted octanol–water partition coefficient (Wildman–Crippen LogP) is 6.46. The van der Waals surface area contributed by atoms with Crippen molar-refractivity contribution in [2.24, 2.45) is 5.92 Å². The molecule has 2 fully saturated rings. The number of amides is 2. The Balaban J connectivity index is 1.33. The highest BCUT2D eigenvalue weighted by Gasteiger charge is 2.31.